The van der Waals surface area contributed by atoms with Gasteiger partial charge in [0.1, 0.15) is 0 Å². The number of rotatable bonds is 5. The molecule has 2 heterocycles. The van der Waals surface area contributed by atoms with E-state index in [1.54, 1.807) is 11.8 Å². The average molecular weight is 389 g/mol. The van der Waals surface area contributed by atoms with E-state index in [1.807, 2.05) is 0 Å². The van der Waals surface area contributed by atoms with Gasteiger partial charge in [-0.25, -0.2) is 4.98 Å². The molecule has 4 atom stereocenters. The molecule has 2 aliphatic carbocycles. The maximum atomic E-state index is 5.44. The van der Waals surface area contributed by atoms with E-state index >= 15 is 0 Å². The van der Waals surface area contributed by atoms with Gasteiger partial charge in [-0.15, -0.1) is 0 Å². The third-order valence-corrected chi connectivity index (χ3v) is 7.56. The molecule has 0 aromatic carbocycles. The monoisotopic (exact) mass is 388 g/mol. The second kappa shape index (κ2) is 6.94. The fourth-order valence-electron chi connectivity index (χ4n) is 5.00. The first-order valence-electron chi connectivity index (χ1n) is 10.3. The first kappa shape index (κ1) is 19.0. The molecular formula is C21H32N4OS. The van der Waals surface area contributed by atoms with Crippen LogP contribution in [0.3, 0.4) is 0 Å². The Morgan fingerprint density at radius 1 is 1.19 bits per heavy atom. The number of imidazole rings is 1. The molecule has 2 aromatic heterocycles. The molecule has 6 heteroatoms. The minimum atomic E-state index is -0.113. The smallest absolute Gasteiger partial charge is 0.232 e. The summed E-state index contributed by atoms with van der Waals surface area (Å²) in [5.74, 6) is 4.83. The molecule has 4 rings (SSSR count). The molecule has 5 nitrogen and oxygen atoms in total. The van der Waals surface area contributed by atoms with Gasteiger partial charge in [0.05, 0.1) is 11.4 Å². The van der Waals surface area contributed by atoms with Crippen LogP contribution in [0.4, 0.5) is 0 Å². The molecule has 0 saturated heterocycles. The van der Waals surface area contributed by atoms with Crippen LogP contribution in [0.5, 0.6) is 0 Å². The first-order valence-corrected chi connectivity index (χ1v) is 11.2. The van der Waals surface area contributed by atoms with Crippen LogP contribution >= 0.6 is 11.8 Å². The Bertz CT molecular complexity index is 819. The Hall–Kier alpha value is -1.30. The summed E-state index contributed by atoms with van der Waals surface area (Å²) in [6, 6.07) is 0.513. The van der Waals surface area contributed by atoms with Crippen molar-refractivity contribution in [2.75, 3.05) is 0 Å². The summed E-state index contributed by atoms with van der Waals surface area (Å²) in [5, 5.41) is 5.27. The quantitative estimate of drug-likeness (QED) is 0.636. The Morgan fingerprint density at radius 2 is 1.96 bits per heavy atom. The maximum Gasteiger partial charge on any atom is 0.232 e. The van der Waals surface area contributed by atoms with E-state index in [0.29, 0.717) is 17.7 Å². The van der Waals surface area contributed by atoms with Crippen molar-refractivity contribution >= 4 is 11.8 Å². The molecule has 0 radical (unpaired) electrons. The molecule has 2 aromatic rings. The van der Waals surface area contributed by atoms with Crippen molar-refractivity contribution < 1.29 is 4.52 Å². The SMILES string of the molecule is Cc1nc(SCc2noc(C(C)(C)C)n2)n([C@H](C)[C@H]2C[C@H]3CC[C@H]2C3)c1C. The molecule has 0 unspecified atom stereocenters. The van der Waals surface area contributed by atoms with Gasteiger partial charge in [-0.05, 0) is 57.8 Å². The predicted molar refractivity (Wildman–Crippen MR) is 108 cm³/mol. The molecular weight excluding hydrogens is 356 g/mol. The zero-order chi connectivity index (χ0) is 19.3. The summed E-state index contributed by atoms with van der Waals surface area (Å²) in [7, 11) is 0. The highest BCUT2D eigenvalue weighted by molar-refractivity contribution is 7.98. The van der Waals surface area contributed by atoms with Crippen LogP contribution in [-0.2, 0) is 11.2 Å². The normalized spacial score (nSPS) is 26.1. The molecule has 0 N–H and O–H groups in total. The number of hydrogen-bond acceptors (Lipinski definition) is 5. The third-order valence-electron chi connectivity index (χ3n) is 6.61. The molecule has 2 saturated carbocycles. The highest BCUT2D eigenvalue weighted by atomic mass is 32.2. The molecule has 27 heavy (non-hydrogen) atoms. The molecule has 2 aliphatic rings. The lowest BCUT2D eigenvalue weighted by molar-refractivity contribution is 0.232. The van der Waals surface area contributed by atoms with Crippen molar-refractivity contribution in [2.24, 2.45) is 17.8 Å². The second-order valence-electron chi connectivity index (χ2n) is 9.57. The van der Waals surface area contributed by atoms with Gasteiger partial charge in [0.25, 0.3) is 0 Å². The third kappa shape index (κ3) is 3.57. The largest absolute Gasteiger partial charge is 0.339 e. The lowest BCUT2D eigenvalue weighted by Gasteiger charge is -2.30. The minimum Gasteiger partial charge on any atom is -0.339 e. The fraction of sp³-hybridized carbons (Fsp3) is 0.762. The number of thioether (sulfide) groups is 1. The second-order valence-corrected chi connectivity index (χ2v) is 10.5. The van der Waals surface area contributed by atoms with Crippen molar-refractivity contribution in [2.45, 2.75) is 89.6 Å². The summed E-state index contributed by atoms with van der Waals surface area (Å²) in [5.41, 5.74) is 2.32. The lowest BCUT2D eigenvalue weighted by atomic mass is 9.84. The summed E-state index contributed by atoms with van der Waals surface area (Å²) in [4.78, 5) is 9.45. The van der Waals surface area contributed by atoms with Gasteiger partial charge < -0.3 is 9.09 Å². The highest BCUT2D eigenvalue weighted by Crippen LogP contribution is 2.52. The van der Waals surface area contributed by atoms with E-state index in [0.717, 1.165) is 34.4 Å². The number of aryl methyl sites for hydroxylation is 1. The Morgan fingerprint density at radius 3 is 2.56 bits per heavy atom. The van der Waals surface area contributed by atoms with Crippen LogP contribution < -0.4 is 0 Å². The molecule has 0 spiro atoms. The van der Waals surface area contributed by atoms with Gasteiger partial charge in [0.15, 0.2) is 11.0 Å². The molecule has 2 fully saturated rings. The van der Waals surface area contributed by atoms with E-state index < -0.39 is 0 Å². The average Bonchev–Trinajstić information content (AvgIpc) is 3.36. The summed E-state index contributed by atoms with van der Waals surface area (Å²) in [6.45, 7) is 13.0. The zero-order valence-corrected chi connectivity index (χ0v) is 18.3. The number of aromatic nitrogens is 4. The summed E-state index contributed by atoms with van der Waals surface area (Å²) >= 11 is 1.73. The van der Waals surface area contributed by atoms with Crippen molar-refractivity contribution in [1.29, 1.82) is 0 Å². The van der Waals surface area contributed by atoms with E-state index in [2.05, 4.69) is 56.3 Å². The predicted octanol–water partition coefficient (Wildman–Crippen LogP) is 5.47. The molecule has 2 bridgehead atoms. The van der Waals surface area contributed by atoms with Crippen LogP contribution in [-0.4, -0.2) is 19.7 Å². The Labute approximate surface area is 166 Å². The number of fused-ring (bicyclic) bond motifs is 2. The summed E-state index contributed by atoms with van der Waals surface area (Å²) < 4.78 is 7.92. The van der Waals surface area contributed by atoms with Crippen LogP contribution in [0, 0.1) is 31.6 Å². The summed E-state index contributed by atoms with van der Waals surface area (Å²) in [6.07, 6.45) is 5.72. The van der Waals surface area contributed by atoms with E-state index in [1.165, 1.54) is 31.4 Å². The zero-order valence-electron chi connectivity index (χ0n) is 17.5. The maximum absolute atomic E-state index is 5.44. The standard InChI is InChI=1S/C21H32N4OS/c1-12-13(2)25(14(3)17-10-15-7-8-16(17)9-15)20(22-12)27-11-18-23-19(26-24-18)21(4,5)6/h14-17H,7-11H2,1-6H3/t14-,15+,16+,17-/m1/s1. The Kier molecular flexibility index (Phi) is 4.90. The van der Waals surface area contributed by atoms with E-state index in [9.17, 15) is 0 Å². The van der Waals surface area contributed by atoms with E-state index in [4.69, 9.17) is 9.51 Å². The van der Waals surface area contributed by atoms with Gasteiger partial charge in [0.2, 0.25) is 5.89 Å². The number of hydrogen-bond donors (Lipinski definition) is 0. The van der Waals surface area contributed by atoms with Crippen molar-refractivity contribution in [3.63, 3.8) is 0 Å². The van der Waals surface area contributed by atoms with Crippen LogP contribution in [0.1, 0.15) is 82.5 Å². The lowest BCUT2D eigenvalue weighted by Crippen LogP contribution is -2.23. The van der Waals surface area contributed by atoms with Gasteiger partial charge in [-0.2, -0.15) is 4.98 Å². The van der Waals surface area contributed by atoms with Crippen molar-refractivity contribution in [3.8, 4) is 0 Å². The van der Waals surface area contributed by atoms with Gasteiger partial charge >= 0.3 is 0 Å². The van der Waals surface area contributed by atoms with Crippen molar-refractivity contribution in [3.05, 3.63) is 23.1 Å². The highest BCUT2D eigenvalue weighted by Gasteiger charge is 2.43. The Balaban J connectivity index is 1.51. The minimum absolute atomic E-state index is 0.113. The molecule has 0 aliphatic heterocycles. The first-order chi connectivity index (χ1) is 12.7. The molecule has 0 amide bonds. The molecule has 148 valence electrons. The number of nitrogens with zero attached hydrogens (tertiary/aromatic N) is 4. The fourth-order valence-corrected chi connectivity index (χ4v) is 6.02. The van der Waals surface area contributed by atoms with Gasteiger partial charge in [-0.3, -0.25) is 0 Å². The van der Waals surface area contributed by atoms with Gasteiger partial charge in [0, 0.05) is 17.2 Å². The van der Waals surface area contributed by atoms with E-state index in [-0.39, 0.29) is 5.41 Å². The van der Waals surface area contributed by atoms with Crippen LogP contribution in [0.25, 0.3) is 0 Å². The van der Waals surface area contributed by atoms with Crippen molar-refractivity contribution in [1.82, 2.24) is 19.7 Å². The van der Waals surface area contributed by atoms with Gasteiger partial charge in [-0.1, -0.05) is 44.1 Å². The van der Waals surface area contributed by atoms with Crippen LogP contribution in [0.15, 0.2) is 9.68 Å². The van der Waals surface area contributed by atoms with Crippen LogP contribution in [0.2, 0.25) is 0 Å². The topological polar surface area (TPSA) is 56.7 Å².